The molecule has 0 rings (SSSR count). The highest BCUT2D eigenvalue weighted by molar-refractivity contribution is 6.08. The van der Waals surface area contributed by atoms with Crippen LogP contribution in [0.2, 0.25) is 0 Å². The molecule has 1 atom stereocenters. The van der Waals surface area contributed by atoms with Crippen LogP contribution in [-0.4, -0.2) is 41.6 Å². The molecule has 1 N–H and O–H groups in total. The molecule has 0 fully saturated rings. The number of carbonyl (C=O) groups is 3. The number of aliphatic hydroxyl groups is 1. The smallest absolute Gasteiger partial charge is 0.346 e. The van der Waals surface area contributed by atoms with Crippen molar-refractivity contribution in [2.75, 3.05) is 13.2 Å². The van der Waals surface area contributed by atoms with Crippen LogP contribution in [-0.2, 0) is 23.9 Å². The van der Waals surface area contributed by atoms with Gasteiger partial charge in [-0.25, -0.2) is 4.79 Å². The van der Waals surface area contributed by atoms with Gasteiger partial charge in [0, 0.05) is 0 Å². The van der Waals surface area contributed by atoms with Crippen LogP contribution in [0.3, 0.4) is 0 Å². The molecule has 0 aromatic rings. The van der Waals surface area contributed by atoms with E-state index >= 15 is 0 Å². The number of hydrogen-bond acceptors (Lipinski definition) is 6. The summed E-state index contributed by atoms with van der Waals surface area (Å²) in [7, 11) is 0. The molecule has 0 saturated heterocycles. The lowest BCUT2D eigenvalue weighted by atomic mass is 9.95. The number of hydrogen-bond donors (Lipinski definition) is 1. The summed E-state index contributed by atoms with van der Waals surface area (Å²) in [6.45, 7) is 4.24. The maximum absolute atomic E-state index is 11.3. The molecule has 16 heavy (non-hydrogen) atoms. The third-order valence-corrected chi connectivity index (χ3v) is 1.90. The van der Waals surface area contributed by atoms with E-state index in [2.05, 4.69) is 9.47 Å². The molecule has 0 aliphatic rings. The summed E-state index contributed by atoms with van der Waals surface area (Å²) in [4.78, 5) is 33.6. The van der Waals surface area contributed by atoms with Crippen LogP contribution in [0.25, 0.3) is 0 Å². The van der Waals surface area contributed by atoms with Gasteiger partial charge in [0.25, 0.3) is 0 Å². The van der Waals surface area contributed by atoms with Gasteiger partial charge in [0.1, 0.15) is 0 Å². The molecule has 0 amide bonds. The minimum atomic E-state index is -2.44. The molecule has 1 unspecified atom stereocenters. The third kappa shape index (κ3) is 3.62. The van der Waals surface area contributed by atoms with Crippen LogP contribution < -0.4 is 0 Å². The molecule has 92 valence electrons. The summed E-state index contributed by atoms with van der Waals surface area (Å²) in [5.41, 5.74) is -2.44. The quantitative estimate of drug-likeness (QED) is 0.505. The number of Topliss-reactive ketones (excluding diaryl/α,β-unsaturated/α-hetero) is 1. The number of ketones is 1. The molecular formula is C10H16O6. The first-order chi connectivity index (χ1) is 7.38. The van der Waals surface area contributed by atoms with Gasteiger partial charge < -0.3 is 14.6 Å². The Morgan fingerprint density at radius 2 is 1.62 bits per heavy atom. The van der Waals surface area contributed by atoms with Crippen molar-refractivity contribution >= 4 is 17.7 Å². The van der Waals surface area contributed by atoms with Crippen molar-refractivity contribution in [3.05, 3.63) is 0 Å². The lowest BCUT2D eigenvalue weighted by Gasteiger charge is -2.21. The van der Waals surface area contributed by atoms with E-state index < -0.39 is 29.7 Å². The fourth-order valence-corrected chi connectivity index (χ4v) is 1.01. The highest BCUT2D eigenvalue weighted by atomic mass is 16.6. The summed E-state index contributed by atoms with van der Waals surface area (Å²) in [6.07, 6.45) is -0.727. The zero-order valence-electron chi connectivity index (χ0n) is 9.61. The first-order valence-electron chi connectivity index (χ1n) is 4.94. The predicted molar refractivity (Wildman–Crippen MR) is 53.5 cm³/mol. The van der Waals surface area contributed by atoms with Crippen molar-refractivity contribution in [2.24, 2.45) is 0 Å². The molecule has 0 bridgehead atoms. The lowest BCUT2D eigenvalue weighted by Crippen LogP contribution is -2.48. The number of esters is 2. The summed E-state index contributed by atoms with van der Waals surface area (Å²) in [5, 5.41) is 9.76. The summed E-state index contributed by atoms with van der Waals surface area (Å²) < 4.78 is 9.09. The molecule has 0 aromatic heterocycles. The fraction of sp³-hybridized carbons (Fsp3) is 0.700. The molecule has 0 spiro atoms. The van der Waals surface area contributed by atoms with Crippen molar-refractivity contribution < 1.29 is 29.0 Å². The Kier molecular flexibility index (Phi) is 5.66. The zero-order chi connectivity index (χ0) is 12.8. The third-order valence-electron chi connectivity index (χ3n) is 1.90. The normalized spacial score (nSPS) is 13.8. The van der Waals surface area contributed by atoms with Gasteiger partial charge in [0.2, 0.25) is 5.60 Å². The summed E-state index contributed by atoms with van der Waals surface area (Å²) in [6, 6.07) is 0. The molecule has 0 aliphatic heterocycles. The molecular weight excluding hydrogens is 216 g/mol. The minimum Gasteiger partial charge on any atom is -0.466 e. The first-order valence-corrected chi connectivity index (χ1v) is 4.94. The topological polar surface area (TPSA) is 89.9 Å². The molecule has 0 saturated carbocycles. The van der Waals surface area contributed by atoms with E-state index in [1.807, 2.05) is 0 Å². The largest absolute Gasteiger partial charge is 0.466 e. The van der Waals surface area contributed by atoms with E-state index in [9.17, 15) is 19.5 Å². The van der Waals surface area contributed by atoms with E-state index in [4.69, 9.17) is 0 Å². The average Bonchev–Trinajstić information content (AvgIpc) is 2.17. The molecule has 6 nitrogen and oxygen atoms in total. The van der Waals surface area contributed by atoms with Crippen LogP contribution in [0, 0.1) is 0 Å². The Morgan fingerprint density at radius 3 is 2.00 bits per heavy atom. The monoisotopic (exact) mass is 232 g/mol. The molecule has 0 radical (unpaired) electrons. The average molecular weight is 232 g/mol. The molecule has 0 aromatic carbocycles. The highest BCUT2D eigenvalue weighted by Crippen LogP contribution is 2.15. The van der Waals surface area contributed by atoms with Crippen LogP contribution in [0.4, 0.5) is 0 Å². The first kappa shape index (κ1) is 14.6. The van der Waals surface area contributed by atoms with Crippen LogP contribution >= 0.6 is 0 Å². The highest BCUT2D eigenvalue weighted by Gasteiger charge is 2.45. The van der Waals surface area contributed by atoms with E-state index in [-0.39, 0.29) is 13.2 Å². The Bertz CT molecular complexity index is 285. The van der Waals surface area contributed by atoms with E-state index in [1.54, 1.807) is 6.92 Å². The van der Waals surface area contributed by atoms with Crippen molar-refractivity contribution in [3.63, 3.8) is 0 Å². The number of ether oxygens (including phenoxy) is 2. The molecule has 0 aliphatic carbocycles. The second-order valence-electron chi connectivity index (χ2n) is 3.12. The van der Waals surface area contributed by atoms with Gasteiger partial charge in [-0.1, -0.05) is 0 Å². The van der Waals surface area contributed by atoms with Gasteiger partial charge in [-0.3, -0.25) is 9.59 Å². The summed E-state index contributed by atoms with van der Waals surface area (Å²) in [5.74, 6) is -2.80. The van der Waals surface area contributed by atoms with Gasteiger partial charge in [0.15, 0.2) is 5.78 Å². The molecule has 6 heteroatoms. The molecule has 0 heterocycles. The van der Waals surface area contributed by atoms with Gasteiger partial charge in [-0.2, -0.15) is 0 Å². The Morgan fingerprint density at radius 1 is 1.12 bits per heavy atom. The predicted octanol–water partition coefficient (Wildman–Crippen LogP) is -0.177. The number of carbonyl (C=O) groups excluding carboxylic acids is 3. The Labute approximate surface area is 93.5 Å². The van der Waals surface area contributed by atoms with Gasteiger partial charge in [-0.15, -0.1) is 0 Å². The Hall–Kier alpha value is -1.43. The second kappa shape index (κ2) is 6.22. The minimum absolute atomic E-state index is 0.0112. The lowest BCUT2D eigenvalue weighted by molar-refractivity contribution is -0.175. The standard InChI is InChI=1S/C10H16O6/c1-4-15-8(12)6-10(14,7(3)11)9(13)16-5-2/h14H,4-6H2,1-3H3. The Balaban J connectivity index is 4.76. The maximum Gasteiger partial charge on any atom is 0.346 e. The SMILES string of the molecule is CCOC(=O)CC(O)(C(C)=O)C(=O)OCC. The maximum atomic E-state index is 11.3. The van der Waals surface area contributed by atoms with E-state index in [0.717, 1.165) is 6.92 Å². The fourth-order valence-electron chi connectivity index (χ4n) is 1.01. The van der Waals surface area contributed by atoms with Crippen LogP contribution in [0.15, 0.2) is 0 Å². The van der Waals surface area contributed by atoms with E-state index in [1.165, 1.54) is 6.92 Å². The van der Waals surface area contributed by atoms with E-state index in [0.29, 0.717) is 0 Å². The van der Waals surface area contributed by atoms with Crippen LogP contribution in [0.1, 0.15) is 27.2 Å². The summed E-state index contributed by atoms with van der Waals surface area (Å²) >= 11 is 0. The van der Waals surface area contributed by atoms with Gasteiger partial charge in [-0.05, 0) is 20.8 Å². The number of rotatable bonds is 6. The van der Waals surface area contributed by atoms with Crippen molar-refractivity contribution in [3.8, 4) is 0 Å². The van der Waals surface area contributed by atoms with Gasteiger partial charge in [0.05, 0.1) is 19.6 Å². The second-order valence-corrected chi connectivity index (χ2v) is 3.12. The van der Waals surface area contributed by atoms with Gasteiger partial charge >= 0.3 is 11.9 Å². The van der Waals surface area contributed by atoms with Crippen molar-refractivity contribution in [1.29, 1.82) is 0 Å². The van der Waals surface area contributed by atoms with Crippen molar-refractivity contribution in [2.45, 2.75) is 32.8 Å². The zero-order valence-corrected chi connectivity index (χ0v) is 9.61. The van der Waals surface area contributed by atoms with Crippen LogP contribution in [0.5, 0.6) is 0 Å². The van der Waals surface area contributed by atoms with Crippen molar-refractivity contribution in [1.82, 2.24) is 0 Å².